The number of carboxylic acids is 1. The van der Waals surface area contributed by atoms with Gasteiger partial charge in [-0.05, 0) is 23.8 Å². The molecule has 2 aromatic rings. The Morgan fingerprint density at radius 1 is 1.24 bits per heavy atom. The van der Waals surface area contributed by atoms with Crippen molar-refractivity contribution in [2.24, 2.45) is 5.73 Å². The van der Waals surface area contributed by atoms with Gasteiger partial charge in [-0.15, -0.1) is 0 Å². The van der Waals surface area contributed by atoms with Gasteiger partial charge in [-0.1, -0.05) is 24.3 Å². The van der Waals surface area contributed by atoms with Gasteiger partial charge in [-0.2, -0.15) is 0 Å². The number of pyridine rings is 1. The highest BCUT2D eigenvalue weighted by molar-refractivity contribution is 5.76. The molecule has 0 aliphatic heterocycles. The van der Waals surface area contributed by atoms with Crippen LogP contribution in [0, 0.1) is 0 Å². The number of nitrogens with two attached hydrogens (primary N) is 1. The molecule has 0 aliphatic rings. The summed E-state index contributed by atoms with van der Waals surface area (Å²) < 4.78 is 0. The maximum Gasteiger partial charge on any atom is 0.325 e. The lowest BCUT2D eigenvalue weighted by Gasteiger charge is -2.08. The number of aliphatic carboxylic acids is 1. The topological polar surface area (TPSA) is 76.2 Å². The van der Waals surface area contributed by atoms with Crippen molar-refractivity contribution in [3.8, 4) is 11.3 Å². The summed E-state index contributed by atoms with van der Waals surface area (Å²) in [6.45, 7) is 0. The van der Waals surface area contributed by atoms with Gasteiger partial charge in [0, 0.05) is 11.8 Å². The molecule has 4 heteroatoms. The number of carbonyl (C=O) groups is 1. The predicted molar refractivity (Wildman–Crippen MR) is 64.2 cm³/mol. The lowest BCUT2D eigenvalue weighted by Crippen LogP contribution is -2.20. The smallest absolute Gasteiger partial charge is 0.325 e. The van der Waals surface area contributed by atoms with E-state index < -0.39 is 12.0 Å². The van der Waals surface area contributed by atoms with Crippen molar-refractivity contribution >= 4 is 5.97 Å². The van der Waals surface area contributed by atoms with E-state index in [0.717, 1.165) is 11.3 Å². The quantitative estimate of drug-likeness (QED) is 0.840. The Morgan fingerprint density at radius 2 is 2.06 bits per heavy atom. The molecule has 0 spiro atoms. The van der Waals surface area contributed by atoms with E-state index in [-0.39, 0.29) is 0 Å². The van der Waals surface area contributed by atoms with E-state index in [4.69, 9.17) is 10.8 Å². The number of hydrogen-bond acceptors (Lipinski definition) is 3. The molecule has 1 unspecified atom stereocenters. The minimum absolute atomic E-state index is 0.570. The van der Waals surface area contributed by atoms with Crippen LogP contribution < -0.4 is 5.73 Å². The Labute approximate surface area is 98.7 Å². The summed E-state index contributed by atoms with van der Waals surface area (Å²) in [6.07, 6.45) is 1.69. The second kappa shape index (κ2) is 4.76. The van der Waals surface area contributed by atoms with E-state index in [0.29, 0.717) is 5.56 Å². The Balaban J connectivity index is 2.39. The van der Waals surface area contributed by atoms with Gasteiger partial charge in [0.25, 0.3) is 0 Å². The first-order valence-electron chi connectivity index (χ1n) is 5.18. The zero-order valence-corrected chi connectivity index (χ0v) is 9.08. The zero-order valence-electron chi connectivity index (χ0n) is 9.08. The highest BCUT2D eigenvalue weighted by atomic mass is 16.4. The molecule has 0 fully saturated rings. The average Bonchev–Trinajstić information content (AvgIpc) is 2.39. The third-order valence-electron chi connectivity index (χ3n) is 2.47. The Bertz CT molecular complexity index is 526. The van der Waals surface area contributed by atoms with Crippen molar-refractivity contribution in [3.05, 3.63) is 54.2 Å². The Morgan fingerprint density at radius 3 is 2.71 bits per heavy atom. The van der Waals surface area contributed by atoms with Gasteiger partial charge in [-0.25, -0.2) is 0 Å². The first-order valence-corrected chi connectivity index (χ1v) is 5.18. The summed E-state index contributed by atoms with van der Waals surface area (Å²) in [6, 6.07) is 11.7. The van der Waals surface area contributed by atoms with Gasteiger partial charge in [-0.3, -0.25) is 9.78 Å². The molecule has 4 nitrogen and oxygen atoms in total. The molecule has 0 saturated heterocycles. The van der Waals surface area contributed by atoms with Crippen molar-refractivity contribution in [3.63, 3.8) is 0 Å². The number of aromatic nitrogens is 1. The summed E-state index contributed by atoms with van der Waals surface area (Å²) in [5, 5.41) is 8.86. The lowest BCUT2D eigenvalue weighted by atomic mass is 10.0. The SMILES string of the molecule is NC(C(=O)O)c1cccc(-c2ccccn2)c1. The molecule has 2 rings (SSSR count). The van der Waals surface area contributed by atoms with Crippen LogP contribution >= 0.6 is 0 Å². The number of benzene rings is 1. The minimum atomic E-state index is -1.04. The highest BCUT2D eigenvalue weighted by Crippen LogP contribution is 2.20. The predicted octanol–water partition coefficient (Wildman–Crippen LogP) is 1.83. The van der Waals surface area contributed by atoms with Crippen molar-refractivity contribution in [2.75, 3.05) is 0 Å². The number of rotatable bonds is 3. The zero-order chi connectivity index (χ0) is 12.3. The summed E-state index contributed by atoms with van der Waals surface area (Å²) in [7, 11) is 0. The second-order valence-corrected chi connectivity index (χ2v) is 3.66. The second-order valence-electron chi connectivity index (χ2n) is 3.66. The third kappa shape index (κ3) is 2.49. The summed E-state index contributed by atoms with van der Waals surface area (Å²) >= 11 is 0. The fourth-order valence-corrected chi connectivity index (χ4v) is 1.57. The standard InChI is InChI=1S/C13H12N2O2/c14-12(13(16)17)10-5-3-4-9(8-10)11-6-1-2-7-15-11/h1-8,12H,14H2,(H,16,17). The molecular weight excluding hydrogens is 216 g/mol. The van der Waals surface area contributed by atoms with E-state index in [2.05, 4.69) is 4.98 Å². The van der Waals surface area contributed by atoms with Crippen LogP contribution in [0.2, 0.25) is 0 Å². The van der Waals surface area contributed by atoms with Crippen LogP contribution in [0.4, 0.5) is 0 Å². The minimum Gasteiger partial charge on any atom is -0.480 e. The monoisotopic (exact) mass is 228 g/mol. The molecule has 3 N–H and O–H groups in total. The molecule has 0 bridgehead atoms. The summed E-state index contributed by atoms with van der Waals surface area (Å²) in [4.78, 5) is 15.0. The molecule has 86 valence electrons. The fraction of sp³-hybridized carbons (Fsp3) is 0.0769. The molecule has 0 saturated carbocycles. The number of carboxylic acid groups (broad SMARTS) is 1. The summed E-state index contributed by atoms with van der Waals surface area (Å²) in [5.41, 5.74) is 7.79. The first kappa shape index (κ1) is 11.3. The highest BCUT2D eigenvalue weighted by Gasteiger charge is 2.14. The number of nitrogens with zero attached hydrogens (tertiary/aromatic N) is 1. The van der Waals surface area contributed by atoms with Crippen LogP contribution in [0.1, 0.15) is 11.6 Å². The van der Waals surface area contributed by atoms with Crippen LogP contribution in [0.3, 0.4) is 0 Å². The molecule has 0 amide bonds. The lowest BCUT2D eigenvalue weighted by molar-refractivity contribution is -0.138. The van der Waals surface area contributed by atoms with Crippen LogP contribution in [0.25, 0.3) is 11.3 Å². The molecule has 1 aromatic heterocycles. The van der Waals surface area contributed by atoms with Gasteiger partial charge >= 0.3 is 5.97 Å². The van der Waals surface area contributed by atoms with Gasteiger partial charge in [0.2, 0.25) is 0 Å². The van der Waals surface area contributed by atoms with E-state index in [1.54, 1.807) is 24.4 Å². The van der Waals surface area contributed by atoms with Crippen LogP contribution in [-0.2, 0) is 4.79 Å². The van der Waals surface area contributed by atoms with Crippen LogP contribution in [0.5, 0.6) is 0 Å². The fourth-order valence-electron chi connectivity index (χ4n) is 1.57. The summed E-state index contributed by atoms with van der Waals surface area (Å²) in [5.74, 6) is -1.04. The maximum atomic E-state index is 10.8. The van der Waals surface area contributed by atoms with E-state index in [1.165, 1.54) is 0 Å². The first-order chi connectivity index (χ1) is 8.18. The van der Waals surface area contributed by atoms with E-state index >= 15 is 0 Å². The molecule has 17 heavy (non-hydrogen) atoms. The van der Waals surface area contributed by atoms with Gasteiger partial charge < -0.3 is 10.8 Å². The van der Waals surface area contributed by atoms with Crippen molar-refractivity contribution in [2.45, 2.75) is 6.04 Å². The normalized spacial score (nSPS) is 12.1. The van der Waals surface area contributed by atoms with Crippen LogP contribution in [-0.4, -0.2) is 16.1 Å². The third-order valence-corrected chi connectivity index (χ3v) is 2.47. The number of hydrogen-bond donors (Lipinski definition) is 2. The molecule has 0 aliphatic carbocycles. The van der Waals surface area contributed by atoms with Gasteiger partial charge in [0.05, 0.1) is 5.69 Å². The van der Waals surface area contributed by atoms with Crippen molar-refractivity contribution in [1.82, 2.24) is 4.98 Å². The molecular formula is C13H12N2O2. The molecule has 0 radical (unpaired) electrons. The maximum absolute atomic E-state index is 10.8. The average molecular weight is 228 g/mol. The Hall–Kier alpha value is -2.20. The van der Waals surface area contributed by atoms with Crippen molar-refractivity contribution < 1.29 is 9.90 Å². The van der Waals surface area contributed by atoms with Gasteiger partial charge in [0.1, 0.15) is 6.04 Å². The largest absolute Gasteiger partial charge is 0.480 e. The van der Waals surface area contributed by atoms with Crippen LogP contribution in [0.15, 0.2) is 48.7 Å². The van der Waals surface area contributed by atoms with Gasteiger partial charge in [0.15, 0.2) is 0 Å². The Kier molecular flexibility index (Phi) is 3.16. The van der Waals surface area contributed by atoms with E-state index in [1.807, 2.05) is 24.3 Å². The van der Waals surface area contributed by atoms with Crippen molar-refractivity contribution in [1.29, 1.82) is 0 Å². The molecule has 1 atom stereocenters. The van der Waals surface area contributed by atoms with E-state index in [9.17, 15) is 4.79 Å². The molecule has 1 heterocycles. The molecule has 1 aromatic carbocycles.